The Kier molecular flexibility index (Phi) is 4.05. The van der Waals surface area contributed by atoms with Gasteiger partial charge in [-0.3, -0.25) is 4.79 Å². The van der Waals surface area contributed by atoms with Crippen molar-refractivity contribution in [3.05, 3.63) is 51.6 Å². The largest absolute Gasteiger partial charge is 0.350 e. The maximum Gasteiger partial charge on any atom is 0.251 e. The number of hydrogen-bond acceptors (Lipinski definition) is 2. The molecule has 0 aliphatic heterocycles. The minimum atomic E-state index is -0.0190. The number of carbonyl (C=O) groups is 1. The molecule has 1 aliphatic carbocycles. The van der Waals surface area contributed by atoms with Crippen molar-refractivity contribution in [2.45, 2.75) is 25.3 Å². The molecule has 2 aromatic rings. The first-order valence-corrected chi connectivity index (χ1v) is 7.87. The van der Waals surface area contributed by atoms with Crippen molar-refractivity contribution in [2.75, 3.05) is 6.54 Å². The molecule has 1 aliphatic rings. The molecule has 0 unspecified atom stereocenters. The lowest BCUT2D eigenvalue weighted by Crippen LogP contribution is -2.27. The van der Waals surface area contributed by atoms with Gasteiger partial charge in [0.2, 0.25) is 0 Å². The van der Waals surface area contributed by atoms with Gasteiger partial charge in [-0.2, -0.15) is 0 Å². The van der Waals surface area contributed by atoms with Gasteiger partial charge in [0.05, 0.1) is 0 Å². The molecule has 1 fully saturated rings. The van der Waals surface area contributed by atoms with E-state index in [-0.39, 0.29) is 5.91 Å². The Morgan fingerprint density at radius 1 is 1.35 bits per heavy atom. The predicted octanol–water partition coefficient (Wildman–Crippen LogP) is 2.80. The number of aromatic nitrogens is 2. The summed E-state index contributed by atoms with van der Waals surface area (Å²) in [7, 11) is 0. The summed E-state index contributed by atoms with van der Waals surface area (Å²) in [6.07, 6.45) is 6.32. The molecule has 0 radical (unpaired) electrons. The van der Waals surface area contributed by atoms with Crippen molar-refractivity contribution in [1.29, 1.82) is 0 Å². The number of amides is 1. The highest BCUT2D eigenvalue weighted by Crippen LogP contribution is 2.38. The van der Waals surface area contributed by atoms with Crippen molar-refractivity contribution in [3.63, 3.8) is 0 Å². The Morgan fingerprint density at radius 3 is 2.80 bits per heavy atom. The highest BCUT2D eigenvalue weighted by molar-refractivity contribution is 14.1. The van der Waals surface area contributed by atoms with Crippen LogP contribution in [0.4, 0.5) is 0 Å². The SMILES string of the molecule is O=C(NCCn1ccnc1C1CC1)c1ccc(I)cc1. The second-order valence-electron chi connectivity index (χ2n) is 5.02. The fraction of sp³-hybridized carbons (Fsp3) is 0.333. The van der Waals surface area contributed by atoms with Crippen molar-refractivity contribution in [1.82, 2.24) is 14.9 Å². The van der Waals surface area contributed by atoms with Crippen LogP contribution >= 0.6 is 22.6 Å². The molecule has 0 spiro atoms. The molecule has 1 aromatic heterocycles. The molecule has 1 heterocycles. The van der Waals surface area contributed by atoms with E-state index in [2.05, 4.69) is 37.5 Å². The third-order valence-corrected chi connectivity index (χ3v) is 4.15. The second kappa shape index (κ2) is 5.95. The number of rotatable bonds is 5. The molecule has 20 heavy (non-hydrogen) atoms. The number of hydrogen-bond donors (Lipinski definition) is 1. The van der Waals surface area contributed by atoms with E-state index in [0.717, 1.165) is 15.9 Å². The smallest absolute Gasteiger partial charge is 0.251 e. The summed E-state index contributed by atoms with van der Waals surface area (Å²) in [5.41, 5.74) is 0.707. The minimum absolute atomic E-state index is 0.0190. The number of imidazole rings is 1. The first-order valence-electron chi connectivity index (χ1n) is 6.79. The monoisotopic (exact) mass is 381 g/mol. The van der Waals surface area contributed by atoms with Gasteiger partial charge in [0.15, 0.2) is 0 Å². The zero-order valence-electron chi connectivity index (χ0n) is 11.1. The first-order chi connectivity index (χ1) is 9.74. The van der Waals surface area contributed by atoms with Gasteiger partial charge in [0.25, 0.3) is 5.91 Å². The van der Waals surface area contributed by atoms with Gasteiger partial charge in [0, 0.05) is 40.5 Å². The molecule has 3 rings (SSSR count). The molecule has 0 bridgehead atoms. The lowest BCUT2D eigenvalue weighted by molar-refractivity contribution is 0.0952. The highest BCUT2D eigenvalue weighted by Gasteiger charge is 2.27. The molecule has 0 saturated heterocycles. The normalized spacial score (nSPS) is 14.2. The van der Waals surface area contributed by atoms with E-state index in [1.807, 2.05) is 36.7 Å². The van der Waals surface area contributed by atoms with E-state index in [0.29, 0.717) is 18.0 Å². The zero-order chi connectivity index (χ0) is 13.9. The molecular weight excluding hydrogens is 365 g/mol. The van der Waals surface area contributed by atoms with Crippen molar-refractivity contribution in [2.24, 2.45) is 0 Å². The van der Waals surface area contributed by atoms with Crippen LogP contribution in [0.25, 0.3) is 0 Å². The van der Waals surface area contributed by atoms with Gasteiger partial charge in [-0.1, -0.05) is 0 Å². The Labute approximate surface area is 131 Å². The molecule has 4 nitrogen and oxygen atoms in total. The Morgan fingerprint density at radius 2 is 2.10 bits per heavy atom. The molecule has 1 N–H and O–H groups in total. The quantitative estimate of drug-likeness (QED) is 0.810. The maximum atomic E-state index is 12.0. The van der Waals surface area contributed by atoms with Crippen LogP contribution in [0, 0.1) is 3.57 Å². The summed E-state index contributed by atoms with van der Waals surface area (Å²) in [6.45, 7) is 1.41. The zero-order valence-corrected chi connectivity index (χ0v) is 13.2. The molecule has 0 atom stereocenters. The summed E-state index contributed by atoms with van der Waals surface area (Å²) >= 11 is 2.23. The number of carbonyl (C=O) groups excluding carboxylic acids is 1. The van der Waals surface area contributed by atoms with Crippen LogP contribution in [0.1, 0.15) is 34.9 Å². The minimum Gasteiger partial charge on any atom is -0.350 e. The third kappa shape index (κ3) is 3.20. The topological polar surface area (TPSA) is 46.9 Å². The van der Waals surface area contributed by atoms with E-state index in [1.165, 1.54) is 12.8 Å². The van der Waals surface area contributed by atoms with Gasteiger partial charge >= 0.3 is 0 Å². The van der Waals surface area contributed by atoms with Gasteiger partial charge in [0.1, 0.15) is 5.82 Å². The summed E-state index contributed by atoms with van der Waals surface area (Å²) in [6, 6.07) is 7.58. The molecule has 104 valence electrons. The van der Waals surface area contributed by atoms with Crippen LogP contribution in [0.3, 0.4) is 0 Å². The van der Waals surface area contributed by atoms with Gasteiger partial charge in [-0.15, -0.1) is 0 Å². The Balaban J connectivity index is 1.53. The molecule has 1 saturated carbocycles. The van der Waals surface area contributed by atoms with Crippen LogP contribution in [0.15, 0.2) is 36.7 Å². The van der Waals surface area contributed by atoms with Crippen molar-refractivity contribution in [3.8, 4) is 0 Å². The van der Waals surface area contributed by atoms with Crippen LogP contribution in [-0.4, -0.2) is 22.0 Å². The van der Waals surface area contributed by atoms with Crippen molar-refractivity contribution >= 4 is 28.5 Å². The Bertz CT molecular complexity index is 602. The molecular formula is C15H16IN3O. The highest BCUT2D eigenvalue weighted by atomic mass is 127. The molecule has 5 heteroatoms. The number of nitrogens with zero attached hydrogens (tertiary/aromatic N) is 2. The fourth-order valence-corrected chi connectivity index (χ4v) is 2.56. The first kappa shape index (κ1) is 13.6. The summed E-state index contributed by atoms with van der Waals surface area (Å²) in [4.78, 5) is 16.4. The van der Waals surface area contributed by atoms with E-state index in [9.17, 15) is 4.79 Å². The lowest BCUT2D eigenvalue weighted by Gasteiger charge is -2.08. The standard InChI is InChI=1S/C15H16IN3O/c16-13-5-3-12(4-6-13)15(20)18-8-10-19-9-7-17-14(19)11-1-2-11/h3-7,9,11H,1-2,8,10H2,(H,18,20). The average molecular weight is 381 g/mol. The Hall–Kier alpha value is -1.37. The average Bonchev–Trinajstić information content (AvgIpc) is 3.19. The number of nitrogens with one attached hydrogen (secondary N) is 1. The van der Waals surface area contributed by atoms with Crippen LogP contribution in [-0.2, 0) is 6.54 Å². The summed E-state index contributed by atoms with van der Waals surface area (Å²) < 4.78 is 3.28. The number of benzene rings is 1. The van der Waals surface area contributed by atoms with E-state index in [4.69, 9.17) is 0 Å². The molecule has 1 aromatic carbocycles. The van der Waals surface area contributed by atoms with Crippen LogP contribution < -0.4 is 5.32 Å². The maximum absolute atomic E-state index is 12.0. The van der Waals surface area contributed by atoms with Gasteiger partial charge in [-0.25, -0.2) is 4.98 Å². The van der Waals surface area contributed by atoms with E-state index >= 15 is 0 Å². The summed E-state index contributed by atoms with van der Waals surface area (Å²) in [5, 5.41) is 2.95. The lowest BCUT2D eigenvalue weighted by atomic mass is 10.2. The number of halogens is 1. The third-order valence-electron chi connectivity index (χ3n) is 3.43. The van der Waals surface area contributed by atoms with Gasteiger partial charge < -0.3 is 9.88 Å². The second-order valence-corrected chi connectivity index (χ2v) is 6.26. The van der Waals surface area contributed by atoms with Crippen LogP contribution in [0.5, 0.6) is 0 Å². The summed E-state index contributed by atoms with van der Waals surface area (Å²) in [5.74, 6) is 1.78. The fourth-order valence-electron chi connectivity index (χ4n) is 2.20. The predicted molar refractivity (Wildman–Crippen MR) is 85.7 cm³/mol. The van der Waals surface area contributed by atoms with Crippen molar-refractivity contribution < 1.29 is 4.79 Å². The molecule has 1 amide bonds. The van der Waals surface area contributed by atoms with Crippen LogP contribution in [0.2, 0.25) is 0 Å². The van der Waals surface area contributed by atoms with E-state index < -0.39 is 0 Å². The van der Waals surface area contributed by atoms with E-state index in [1.54, 1.807) is 0 Å². The van der Waals surface area contributed by atoms with Gasteiger partial charge in [-0.05, 0) is 59.7 Å².